The lowest BCUT2D eigenvalue weighted by atomic mass is 9.98. The predicted octanol–water partition coefficient (Wildman–Crippen LogP) is 4.58. The van der Waals surface area contributed by atoms with E-state index < -0.39 is 0 Å². The standard InChI is InChI=1S/C32H44N2O5/c1-31(2)19-25-17-23(5-7-27(25)38-31)29-21-33(11-15-36-29)9-13-35-14-10-34-12-16-37-30(22-34)24-6-8-28-26(18-24)20-32(3,4)39-28/h5-8,17-18,29-30H,9-16,19-22H2,1-4H3. The van der Waals surface area contributed by atoms with Crippen molar-refractivity contribution in [1.29, 1.82) is 0 Å². The Kier molecular flexibility index (Phi) is 7.64. The Bertz CT molecular complexity index is 1080. The predicted molar refractivity (Wildman–Crippen MR) is 151 cm³/mol. The van der Waals surface area contributed by atoms with E-state index in [0.717, 1.165) is 90.0 Å². The van der Waals surface area contributed by atoms with Crippen LogP contribution in [0.15, 0.2) is 36.4 Å². The molecule has 0 spiro atoms. The van der Waals surface area contributed by atoms with Gasteiger partial charge < -0.3 is 23.7 Å². The van der Waals surface area contributed by atoms with Crippen molar-refractivity contribution in [2.24, 2.45) is 0 Å². The zero-order valence-electron chi connectivity index (χ0n) is 24.0. The van der Waals surface area contributed by atoms with Gasteiger partial charge in [-0.1, -0.05) is 12.1 Å². The molecule has 0 aromatic heterocycles. The molecule has 2 fully saturated rings. The van der Waals surface area contributed by atoms with Crippen LogP contribution in [0.1, 0.15) is 62.2 Å². The van der Waals surface area contributed by atoms with Crippen LogP contribution in [0.5, 0.6) is 11.5 Å². The van der Waals surface area contributed by atoms with Crippen molar-refractivity contribution >= 4 is 0 Å². The number of ether oxygens (including phenoxy) is 5. The molecule has 2 aromatic carbocycles. The number of benzene rings is 2. The molecule has 6 rings (SSSR count). The minimum atomic E-state index is -0.117. The van der Waals surface area contributed by atoms with Crippen LogP contribution in [0, 0.1) is 0 Å². The van der Waals surface area contributed by atoms with E-state index in [1.807, 2.05) is 0 Å². The van der Waals surface area contributed by atoms with E-state index in [1.165, 1.54) is 22.3 Å². The summed E-state index contributed by atoms with van der Waals surface area (Å²) in [6, 6.07) is 13.1. The molecule has 2 unspecified atom stereocenters. The minimum absolute atomic E-state index is 0.106. The van der Waals surface area contributed by atoms with Gasteiger partial charge in [0.25, 0.3) is 0 Å². The van der Waals surface area contributed by atoms with Crippen LogP contribution in [0.3, 0.4) is 0 Å². The van der Waals surface area contributed by atoms with Gasteiger partial charge in [0.1, 0.15) is 22.7 Å². The first-order chi connectivity index (χ1) is 18.7. The number of nitrogens with zero attached hydrogens (tertiary/aromatic N) is 2. The number of hydrogen-bond acceptors (Lipinski definition) is 7. The molecule has 0 N–H and O–H groups in total. The molecule has 0 bridgehead atoms. The summed E-state index contributed by atoms with van der Waals surface area (Å²) in [5.74, 6) is 2.03. The highest BCUT2D eigenvalue weighted by Crippen LogP contribution is 2.38. The molecule has 4 aliphatic heterocycles. The van der Waals surface area contributed by atoms with Crippen LogP contribution in [-0.2, 0) is 27.1 Å². The first-order valence-electron chi connectivity index (χ1n) is 14.6. The first kappa shape index (κ1) is 27.0. The minimum Gasteiger partial charge on any atom is -0.487 e. The van der Waals surface area contributed by atoms with Crippen molar-refractivity contribution in [2.45, 2.75) is 63.9 Å². The van der Waals surface area contributed by atoms with E-state index in [4.69, 9.17) is 23.7 Å². The van der Waals surface area contributed by atoms with Crippen LogP contribution in [0.2, 0.25) is 0 Å². The highest BCUT2D eigenvalue weighted by Gasteiger charge is 2.33. The van der Waals surface area contributed by atoms with Crippen LogP contribution in [0.25, 0.3) is 0 Å². The van der Waals surface area contributed by atoms with E-state index in [0.29, 0.717) is 0 Å². The third-order valence-electron chi connectivity index (χ3n) is 8.32. The third kappa shape index (κ3) is 6.44. The second kappa shape index (κ2) is 11.0. The molecule has 2 atom stereocenters. The Labute approximate surface area is 233 Å². The molecule has 2 saturated heterocycles. The lowest BCUT2D eigenvalue weighted by Gasteiger charge is -2.34. The Balaban J connectivity index is 0.925. The zero-order valence-corrected chi connectivity index (χ0v) is 24.0. The molecule has 4 aliphatic rings. The summed E-state index contributed by atoms with van der Waals surface area (Å²) in [6.45, 7) is 17.2. The summed E-state index contributed by atoms with van der Waals surface area (Å²) in [6.07, 6.45) is 2.11. The van der Waals surface area contributed by atoms with Crippen molar-refractivity contribution in [3.8, 4) is 11.5 Å². The van der Waals surface area contributed by atoms with Gasteiger partial charge in [-0.2, -0.15) is 0 Å². The Morgan fingerprint density at radius 3 is 1.64 bits per heavy atom. The van der Waals surface area contributed by atoms with Gasteiger partial charge in [-0.15, -0.1) is 0 Å². The zero-order chi connectivity index (χ0) is 27.0. The Morgan fingerprint density at radius 1 is 0.718 bits per heavy atom. The van der Waals surface area contributed by atoms with Gasteiger partial charge in [0.15, 0.2) is 0 Å². The molecule has 0 aliphatic carbocycles. The van der Waals surface area contributed by atoms with Gasteiger partial charge in [0, 0.05) is 52.1 Å². The summed E-state index contributed by atoms with van der Waals surface area (Å²) in [7, 11) is 0. The Morgan fingerprint density at radius 2 is 1.18 bits per heavy atom. The monoisotopic (exact) mass is 536 g/mol. The summed E-state index contributed by atoms with van der Waals surface area (Å²) < 4.78 is 30.5. The molecule has 0 amide bonds. The second-order valence-corrected chi connectivity index (χ2v) is 12.7. The van der Waals surface area contributed by atoms with Gasteiger partial charge in [-0.05, 0) is 74.2 Å². The van der Waals surface area contributed by atoms with Crippen LogP contribution < -0.4 is 9.47 Å². The molecular formula is C32H44N2O5. The first-order valence-corrected chi connectivity index (χ1v) is 14.6. The maximum Gasteiger partial charge on any atom is 0.123 e. The summed E-state index contributed by atoms with van der Waals surface area (Å²) in [5.41, 5.74) is 4.86. The van der Waals surface area contributed by atoms with Crippen LogP contribution in [-0.4, -0.2) is 86.7 Å². The normalized spacial score (nSPS) is 26.1. The second-order valence-electron chi connectivity index (χ2n) is 12.7. The third-order valence-corrected chi connectivity index (χ3v) is 8.32. The number of morpholine rings is 2. The fraction of sp³-hybridized carbons (Fsp3) is 0.625. The number of hydrogen-bond donors (Lipinski definition) is 0. The molecule has 0 radical (unpaired) electrons. The lowest BCUT2D eigenvalue weighted by molar-refractivity contribution is -0.0467. The highest BCUT2D eigenvalue weighted by molar-refractivity contribution is 5.43. The van der Waals surface area contributed by atoms with Gasteiger partial charge in [0.2, 0.25) is 0 Å². The SMILES string of the molecule is CC1(C)Cc2cc(C3CN(CCOCCN4CCOC(c5ccc6c(c5)CC(C)(C)O6)C4)CCO3)ccc2O1. The fourth-order valence-electron chi connectivity index (χ4n) is 6.36. The molecule has 2 aromatic rings. The molecule has 7 heteroatoms. The van der Waals surface area contributed by atoms with E-state index in [1.54, 1.807) is 0 Å². The van der Waals surface area contributed by atoms with Crippen LogP contribution >= 0.6 is 0 Å². The summed E-state index contributed by atoms with van der Waals surface area (Å²) in [5, 5.41) is 0. The van der Waals surface area contributed by atoms with Gasteiger partial charge >= 0.3 is 0 Å². The molecule has 39 heavy (non-hydrogen) atoms. The van der Waals surface area contributed by atoms with E-state index >= 15 is 0 Å². The molecular weight excluding hydrogens is 492 g/mol. The van der Waals surface area contributed by atoms with Gasteiger partial charge in [-0.3, -0.25) is 9.80 Å². The molecule has 212 valence electrons. The molecule has 0 saturated carbocycles. The van der Waals surface area contributed by atoms with Crippen molar-refractivity contribution in [3.05, 3.63) is 58.7 Å². The topological polar surface area (TPSA) is 52.6 Å². The maximum absolute atomic E-state index is 6.15. The number of fused-ring (bicyclic) bond motifs is 2. The molecule has 7 nitrogen and oxygen atoms in total. The van der Waals surface area contributed by atoms with E-state index in [-0.39, 0.29) is 23.4 Å². The molecule has 4 heterocycles. The van der Waals surface area contributed by atoms with Gasteiger partial charge in [0.05, 0.1) is 38.6 Å². The smallest absolute Gasteiger partial charge is 0.123 e. The maximum atomic E-state index is 6.15. The van der Waals surface area contributed by atoms with E-state index in [2.05, 4.69) is 73.9 Å². The van der Waals surface area contributed by atoms with Gasteiger partial charge in [-0.25, -0.2) is 0 Å². The van der Waals surface area contributed by atoms with Crippen molar-refractivity contribution in [3.63, 3.8) is 0 Å². The summed E-state index contributed by atoms with van der Waals surface area (Å²) >= 11 is 0. The van der Waals surface area contributed by atoms with E-state index in [9.17, 15) is 0 Å². The summed E-state index contributed by atoms with van der Waals surface area (Å²) in [4.78, 5) is 4.93. The van der Waals surface area contributed by atoms with Crippen molar-refractivity contribution in [1.82, 2.24) is 9.80 Å². The highest BCUT2D eigenvalue weighted by atomic mass is 16.5. The van der Waals surface area contributed by atoms with Crippen molar-refractivity contribution in [2.75, 3.05) is 65.7 Å². The fourth-order valence-corrected chi connectivity index (χ4v) is 6.36. The average Bonchev–Trinajstić information content (AvgIpc) is 3.40. The average molecular weight is 537 g/mol. The van der Waals surface area contributed by atoms with Crippen molar-refractivity contribution < 1.29 is 23.7 Å². The quantitative estimate of drug-likeness (QED) is 0.458. The lowest BCUT2D eigenvalue weighted by Crippen LogP contribution is -2.41. The van der Waals surface area contributed by atoms with Crippen LogP contribution in [0.4, 0.5) is 0 Å². The largest absolute Gasteiger partial charge is 0.487 e. The number of rotatable bonds is 8. The Hall–Kier alpha value is -2.16.